The van der Waals surface area contributed by atoms with Crippen molar-refractivity contribution in [3.05, 3.63) is 40.5 Å². The molecule has 1 aliphatic rings. The van der Waals surface area contributed by atoms with Gasteiger partial charge in [-0.15, -0.1) is 0 Å². The molecule has 2 amide bonds. The monoisotopic (exact) mass is 406 g/mol. The van der Waals surface area contributed by atoms with Crippen LogP contribution in [0.1, 0.15) is 37.9 Å². The fourth-order valence-corrected chi connectivity index (χ4v) is 4.31. The van der Waals surface area contributed by atoms with Crippen molar-refractivity contribution in [2.24, 2.45) is 0 Å². The topological polar surface area (TPSA) is 67.2 Å². The maximum Gasteiger partial charge on any atom is 0.315 e. The van der Waals surface area contributed by atoms with Gasteiger partial charge in [-0.1, -0.05) is 31.5 Å². The molecule has 0 aliphatic carbocycles. The first-order valence-corrected chi connectivity index (χ1v) is 10.6. The van der Waals surface area contributed by atoms with Gasteiger partial charge in [-0.2, -0.15) is 16.9 Å². The average Bonchev–Trinajstić information content (AvgIpc) is 3.23. The number of thioether (sulfide) groups is 1. The summed E-state index contributed by atoms with van der Waals surface area (Å²) >= 11 is 7.86. The SMILES string of the molecule is CCCN(CCC)C(=O)C(=O)Nc1c2c(nn1-c1cccc(Cl)c1)CSC2. The maximum atomic E-state index is 12.7. The molecule has 27 heavy (non-hydrogen) atoms. The van der Waals surface area contributed by atoms with Gasteiger partial charge in [-0.05, 0) is 31.0 Å². The Balaban J connectivity index is 1.90. The number of carbonyl (C=O) groups is 2. The number of nitrogens with zero attached hydrogens (tertiary/aromatic N) is 3. The molecule has 1 N–H and O–H groups in total. The number of halogens is 1. The van der Waals surface area contributed by atoms with E-state index in [1.807, 2.05) is 26.0 Å². The predicted octanol–water partition coefficient (Wildman–Crippen LogP) is 3.86. The van der Waals surface area contributed by atoms with Crippen molar-refractivity contribution >= 4 is 41.0 Å². The van der Waals surface area contributed by atoms with Crippen molar-refractivity contribution in [1.29, 1.82) is 0 Å². The number of aromatic nitrogens is 2. The largest absolute Gasteiger partial charge is 0.334 e. The average molecular weight is 407 g/mol. The number of fused-ring (bicyclic) bond motifs is 1. The van der Waals surface area contributed by atoms with Crippen LogP contribution in [-0.4, -0.2) is 39.6 Å². The highest BCUT2D eigenvalue weighted by Gasteiger charge is 2.28. The van der Waals surface area contributed by atoms with Crippen LogP contribution in [0.3, 0.4) is 0 Å². The van der Waals surface area contributed by atoms with Gasteiger partial charge >= 0.3 is 11.8 Å². The smallest absolute Gasteiger partial charge is 0.315 e. The van der Waals surface area contributed by atoms with E-state index in [1.54, 1.807) is 33.5 Å². The lowest BCUT2D eigenvalue weighted by Crippen LogP contribution is -2.41. The quantitative estimate of drug-likeness (QED) is 0.739. The number of benzene rings is 1. The Labute approximate surface area is 168 Å². The molecule has 1 aliphatic heterocycles. The molecule has 0 spiro atoms. The third-order valence-corrected chi connectivity index (χ3v) is 5.51. The van der Waals surface area contributed by atoms with E-state index < -0.39 is 11.8 Å². The Morgan fingerprint density at radius 2 is 2.00 bits per heavy atom. The highest BCUT2D eigenvalue weighted by atomic mass is 35.5. The number of hydrogen-bond donors (Lipinski definition) is 1. The van der Waals surface area contributed by atoms with Crippen LogP contribution in [-0.2, 0) is 21.1 Å². The molecule has 8 heteroatoms. The summed E-state index contributed by atoms with van der Waals surface area (Å²) in [5.74, 6) is 0.977. The van der Waals surface area contributed by atoms with Gasteiger partial charge in [0.1, 0.15) is 5.82 Å². The molecule has 0 saturated carbocycles. The second kappa shape index (κ2) is 8.80. The fourth-order valence-electron chi connectivity index (χ4n) is 3.10. The molecular formula is C19H23ClN4O2S. The molecule has 0 fully saturated rings. The lowest BCUT2D eigenvalue weighted by molar-refractivity contribution is -0.143. The van der Waals surface area contributed by atoms with E-state index >= 15 is 0 Å². The van der Waals surface area contributed by atoms with Crippen LogP contribution in [0.15, 0.2) is 24.3 Å². The third-order valence-electron chi connectivity index (χ3n) is 4.31. The third kappa shape index (κ3) is 4.30. The molecule has 0 saturated heterocycles. The molecule has 0 bridgehead atoms. The molecule has 1 aromatic heterocycles. The second-order valence-corrected chi connectivity index (χ2v) is 7.83. The van der Waals surface area contributed by atoms with Crippen molar-refractivity contribution in [1.82, 2.24) is 14.7 Å². The van der Waals surface area contributed by atoms with Crippen LogP contribution < -0.4 is 5.32 Å². The number of anilines is 1. The molecular weight excluding hydrogens is 384 g/mol. The van der Waals surface area contributed by atoms with E-state index in [4.69, 9.17) is 11.6 Å². The van der Waals surface area contributed by atoms with Crippen LogP contribution in [0.4, 0.5) is 5.82 Å². The first-order valence-electron chi connectivity index (χ1n) is 9.09. The summed E-state index contributed by atoms with van der Waals surface area (Å²) in [5, 5.41) is 8.04. The predicted molar refractivity (Wildman–Crippen MR) is 109 cm³/mol. The van der Waals surface area contributed by atoms with Crippen molar-refractivity contribution in [3.8, 4) is 5.69 Å². The van der Waals surface area contributed by atoms with Gasteiger partial charge < -0.3 is 10.2 Å². The number of amides is 2. The normalized spacial score (nSPS) is 12.7. The van der Waals surface area contributed by atoms with Crippen molar-refractivity contribution < 1.29 is 9.59 Å². The summed E-state index contributed by atoms with van der Waals surface area (Å²) in [7, 11) is 0. The van der Waals surface area contributed by atoms with E-state index in [-0.39, 0.29) is 0 Å². The minimum Gasteiger partial charge on any atom is -0.334 e. The van der Waals surface area contributed by atoms with E-state index in [0.29, 0.717) is 23.9 Å². The zero-order chi connectivity index (χ0) is 19.4. The summed E-state index contributed by atoms with van der Waals surface area (Å²) in [4.78, 5) is 26.9. The highest BCUT2D eigenvalue weighted by Crippen LogP contribution is 2.36. The number of carbonyl (C=O) groups excluding carboxylic acids is 2. The summed E-state index contributed by atoms with van der Waals surface area (Å²) in [6, 6.07) is 7.28. The zero-order valence-electron chi connectivity index (χ0n) is 15.5. The number of rotatable bonds is 6. The summed E-state index contributed by atoms with van der Waals surface area (Å²) in [6.45, 7) is 5.13. The molecule has 2 aromatic rings. The first kappa shape index (κ1) is 19.8. The minimum absolute atomic E-state index is 0.503. The number of hydrogen-bond acceptors (Lipinski definition) is 4. The molecule has 6 nitrogen and oxygen atoms in total. The van der Waals surface area contributed by atoms with Gasteiger partial charge in [0.2, 0.25) is 0 Å². The van der Waals surface area contributed by atoms with Gasteiger partial charge in [0.05, 0.1) is 11.4 Å². The van der Waals surface area contributed by atoms with E-state index in [9.17, 15) is 9.59 Å². The van der Waals surface area contributed by atoms with Gasteiger partial charge in [0.25, 0.3) is 0 Å². The maximum absolute atomic E-state index is 12.7. The number of nitrogens with one attached hydrogen (secondary N) is 1. The van der Waals surface area contributed by atoms with Crippen molar-refractivity contribution in [2.45, 2.75) is 38.2 Å². The second-order valence-electron chi connectivity index (χ2n) is 6.40. The lowest BCUT2D eigenvalue weighted by atomic mass is 10.2. The Morgan fingerprint density at radius 3 is 2.67 bits per heavy atom. The summed E-state index contributed by atoms with van der Waals surface area (Å²) < 4.78 is 1.67. The zero-order valence-corrected chi connectivity index (χ0v) is 17.1. The van der Waals surface area contributed by atoms with Crippen LogP contribution >= 0.6 is 23.4 Å². The Kier molecular flexibility index (Phi) is 6.44. The molecule has 144 valence electrons. The molecule has 2 heterocycles. The molecule has 3 rings (SSSR count). The fraction of sp³-hybridized carbons (Fsp3) is 0.421. The first-order chi connectivity index (χ1) is 13.0. The van der Waals surface area contributed by atoms with E-state index in [1.165, 1.54) is 0 Å². The van der Waals surface area contributed by atoms with E-state index in [2.05, 4.69) is 10.4 Å². The van der Waals surface area contributed by atoms with Gasteiger partial charge in [0.15, 0.2) is 0 Å². The lowest BCUT2D eigenvalue weighted by Gasteiger charge is -2.21. The summed E-state index contributed by atoms with van der Waals surface area (Å²) in [6.07, 6.45) is 1.62. The Bertz CT molecular complexity index is 846. The highest BCUT2D eigenvalue weighted by molar-refractivity contribution is 7.98. The molecule has 0 radical (unpaired) electrons. The van der Waals surface area contributed by atoms with Crippen LogP contribution in [0, 0.1) is 0 Å². The molecule has 1 aromatic carbocycles. The van der Waals surface area contributed by atoms with Crippen LogP contribution in [0.2, 0.25) is 5.02 Å². The Hall–Kier alpha value is -1.99. The van der Waals surface area contributed by atoms with E-state index in [0.717, 1.165) is 41.3 Å². The minimum atomic E-state index is -0.625. The van der Waals surface area contributed by atoms with Gasteiger partial charge in [-0.3, -0.25) is 9.59 Å². The van der Waals surface area contributed by atoms with Gasteiger partial charge in [0, 0.05) is 35.2 Å². The van der Waals surface area contributed by atoms with Crippen molar-refractivity contribution in [2.75, 3.05) is 18.4 Å². The Morgan fingerprint density at radius 1 is 1.26 bits per heavy atom. The standard InChI is InChI=1S/C19H23ClN4O2S/c1-3-8-23(9-4-2)19(26)18(25)21-17-15-11-27-12-16(15)22-24(17)14-7-5-6-13(20)10-14/h5-7,10H,3-4,8-9,11-12H2,1-2H3,(H,21,25). The van der Waals surface area contributed by atoms with Crippen molar-refractivity contribution in [3.63, 3.8) is 0 Å². The van der Waals surface area contributed by atoms with Crippen LogP contribution in [0.25, 0.3) is 5.69 Å². The molecule has 0 atom stereocenters. The van der Waals surface area contributed by atoms with Crippen LogP contribution in [0.5, 0.6) is 0 Å². The molecule has 0 unspecified atom stereocenters. The summed E-state index contributed by atoms with van der Waals surface area (Å²) in [5.41, 5.74) is 2.66. The van der Waals surface area contributed by atoms with Gasteiger partial charge in [-0.25, -0.2) is 4.68 Å².